The molecule has 8 heteroatoms. The smallest absolute Gasteiger partial charge is 0.244 e. The Kier molecular flexibility index (Phi) is 6.27. The van der Waals surface area contributed by atoms with Crippen molar-refractivity contribution in [2.24, 2.45) is 0 Å². The fourth-order valence-electron chi connectivity index (χ4n) is 2.26. The van der Waals surface area contributed by atoms with Gasteiger partial charge in [0, 0.05) is 10.7 Å². The van der Waals surface area contributed by atoms with Crippen LogP contribution in [0.5, 0.6) is 11.5 Å². The summed E-state index contributed by atoms with van der Waals surface area (Å²) in [5.74, 6) is 2.54. The number of methoxy groups -OCH3 is 1. The Labute approximate surface area is 162 Å². The molecule has 7 nitrogen and oxygen atoms in total. The van der Waals surface area contributed by atoms with E-state index in [-0.39, 0.29) is 0 Å². The number of halogens is 1. The number of benzene rings is 2. The van der Waals surface area contributed by atoms with Crippen LogP contribution in [0.15, 0.2) is 48.7 Å². The predicted molar refractivity (Wildman–Crippen MR) is 106 cm³/mol. The van der Waals surface area contributed by atoms with Gasteiger partial charge in [0.15, 0.2) is 5.82 Å². The molecule has 1 heterocycles. The number of hydrogen-bond donors (Lipinski definition) is 2. The van der Waals surface area contributed by atoms with Crippen molar-refractivity contribution in [2.45, 2.75) is 6.92 Å². The first kappa shape index (κ1) is 18.7. The quantitative estimate of drug-likeness (QED) is 0.565. The van der Waals surface area contributed by atoms with Crippen LogP contribution in [-0.4, -0.2) is 35.4 Å². The van der Waals surface area contributed by atoms with Crippen LogP contribution in [-0.2, 0) is 0 Å². The van der Waals surface area contributed by atoms with E-state index in [0.29, 0.717) is 29.9 Å². The highest BCUT2D eigenvalue weighted by Gasteiger charge is 2.03. The van der Waals surface area contributed by atoms with Crippen molar-refractivity contribution in [3.8, 4) is 11.5 Å². The molecule has 0 aliphatic rings. The molecule has 0 saturated heterocycles. The van der Waals surface area contributed by atoms with Crippen molar-refractivity contribution in [2.75, 3.05) is 30.9 Å². The van der Waals surface area contributed by atoms with Crippen LogP contribution in [0.1, 0.15) is 5.56 Å². The molecule has 0 spiro atoms. The Morgan fingerprint density at radius 2 is 1.85 bits per heavy atom. The Morgan fingerprint density at radius 3 is 2.59 bits per heavy atom. The maximum absolute atomic E-state index is 6.14. The van der Waals surface area contributed by atoms with Gasteiger partial charge in [0.2, 0.25) is 5.95 Å². The average Bonchev–Trinajstić information content (AvgIpc) is 2.69. The average molecular weight is 386 g/mol. The maximum Gasteiger partial charge on any atom is 0.244 e. The summed E-state index contributed by atoms with van der Waals surface area (Å²) in [6.07, 6.45) is 1.55. The van der Waals surface area contributed by atoms with E-state index in [9.17, 15) is 0 Å². The van der Waals surface area contributed by atoms with Crippen LogP contribution in [0, 0.1) is 6.92 Å². The molecule has 140 valence electrons. The van der Waals surface area contributed by atoms with E-state index in [4.69, 9.17) is 21.1 Å². The minimum atomic E-state index is 0.413. The molecule has 0 bridgehead atoms. The lowest BCUT2D eigenvalue weighted by Gasteiger charge is -2.10. The molecule has 0 fully saturated rings. The molecule has 0 unspecified atom stereocenters. The van der Waals surface area contributed by atoms with Gasteiger partial charge in [-0.25, -0.2) is 0 Å². The molecule has 0 saturated carbocycles. The molecule has 2 N–H and O–H groups in total. The first-order chi connectivity index (χ1) is 13.1. The summed E-state index contributed by atoms with van der Waals surface area (Å²) in [6, 6.07) is 13.1. The van der Waals surface area contributed by atoms with Crippen LogP contribution >= 0.6 is 11.6 Å². The minimum Gasteiger partial charge on any atom is -0.497 e. The van der Waals surface area contributed by atoms with Gasteiger partial charge >= 0.3 is 0 Å². The number of anilines is 3. The third-order valence-corrected chi connectivity index (χ3v) is 4.12. The molecule has 2 aromatic carbocycles. The molecule has 3 rings (SSSR count). The molecular weight excluding hydrogens is 366 g/mol. The van der Waals surface area contributed by atoms with Crippen LogP contribution in [0.25, 0.3) is 0 Å². The van der Waals surface area contributed by atoms with Gasteiger partial charge < -0.3 is 20.1 Å². The van der Waals surface area contributed by atoms with E-state index in [1.54, 1.807) is 13.3 Å². The molecule has 3 aromatic rings. The van der Waals surface area contributed by atoms with E-state index in [0.717, 1.165) is 22.7 Å². The maximum atomic E-state index is 6.14. The first-order valence-corrected chi connectivity index (χ1v) is 8.75. The highest BCUT2D eigenvalue weighted by molar-refractivity contribution is 6.31. The number of aromatic nitrogens is 3. The van der Waals surface area contributed by atoms with Crippen LogP contribution in [0.4, 0.5) is 17.5 Å². The summed E-state index contributed by atoms with van der Waals surface area (Å²) in [6.45, 7) is 2.95. The van der Waals surface area contributed by atoms with Gasteiger partial charge in [-0.3, -0.25) is 0 Å². The normalized spacial score (nSPS) is 10.3. The topological polar surface area (TPSA) is 81.2 Å². The number of nitrogens with zero attached hydrogens (tertiary/aromatic N) is 3. The van der Waals surface area contributed by atoms with Gasteiger partial charge in [-0.05, 0) is 48.9 Å². The zero-order valence-corrected chi connectivity index (χ0v) is 15.8. The van der Waals surface area contributed by atoms with Crippen molar-refractivity contribution in [3.63, 3.8) is 0 Å². The summed E-state index contributed by atoms with van der Waals surface area (Å²) < 4.78 is 10.8. The van der Waals surface area contributed by atoms with Crippen molar-refractivity contribution in [1.29, 1.82) is 0 Å². The fourth-order valence-corrected chi connectivity index (χ4v) is 2.44. The molecule has 0 amide bonds. The summed E-state index contributed by atoms with van der Waals surface area (Å²) >= 11 is 6.14. The summed E-state index contributed by atoms with van der Waals surface area (Å²) in [5, 5.41) is 14.9. The Balaban J connectivity index is 1.50. The number of ether oxygens (including phenoxy) is 2. The number of aryl methyl sites for hydroxylation is 1. The van der Waals surface area contributed by atoms with Crippen LogP contribution in [0.3, 0.4) is 0 Å². The standard InChI is InChI=1S/C19H20ClN5O2/c1-13-3-4-14(11-17(13)20)23-18-12-22-25-19(24-18)21-9-10-27-16-7-5-15(26-2)6-8-16/h3-8,11-12H,9-10H2,1-2H3,(H2,21,23,24,25). The Morgan fingerprint density at radius 1 is 1.07 bits per heavy atom. The van der Waals surface area contributed by atoms with E-state index >= 15 is 0 Å². The van der Waals surface area contributed by atoms with Gasteiger partial charge in [0.1, 0.15) is 18.1 Å². The molecule has 0 radical (unpaired) electrons. The molecular formula is C19H20ClN5O2. The third kappa shape index (κ3) is 5.46. The summed E-state index contributed by atoms with van der Waals surface area (Å²) in [4.78, 5) is 4.38. The SMILES string of the molecule is COc1ccc(OCCNc2nncc(Nc3ccc(C)c(Cl)c3)n2)cc1. The second-order valence-electron chi connectivity index (χ2n) is 5.70. The fraction of sp³-hybridized carbons (Fsp3) is 0.211. The van der Waals surface area contributed by atoms with Gasteiger partial charge in [0.05, 0.1) is 19.9 Å². The monoisotopic (exact) mass is 385 g/mol. The third-order valence-electron chi connectivity index (χ3n) is 3.72. The number of nitrogens with one attached hydrogen (secondary N) is 2. The van der Waals surface area contributed by atoms with E-state index in [1.165, 1.54) is 0 Å². The summed E-state index contributed by atoms with van der Waals surface area (Å²) in [5.41, 5.74) is 1.85. The van der Waals surface area contributed by atoms with E-state index in [2.05, 4.69) is 25.8 Å². The van der Waals surface area contributed by atoms with Crippen molar-refractivity contribution < 1.29 is 9.47 Å². The van der Waals surface area contributed by atoms with E-state index in [1.807, 2.05) is 49.4 Å². The van der Waals surface area contributed by atoms with Gasteiger partial charge in [-0.15, -0.1) is 5.10 Å². The molecule has 1 aromatic heterocycles. The Hall–Kier alpha value is -3.06. The zero-order chi connectivity index (χ0) is 19.1. The minimum absolute atomic E-state index is 0.413. The van der Waals surface area contributed by atoms with Crippen LogP contribution in [0.2, 0.25) is 5.02 Å². The second kappa shape index (κ2) is 9.05. The van der Waals surface area contributed by atoms with Crippen molar-refractivity contribution in [1.82, 2.24) is 15.2 Å². The van der Waals surface area contributed by atoms with Crippen LogP contribution < -0.4 is 20.1 Å². The van der Waals surface area contributed by atoms with Gasteiger partial charge in [-0.2, -0.15) is 10.1 Å². The second-order valence-corrected chi connectivity index (χ2v) is 6.11. The van der Waals surface area contributed by atoms with Gasteiger partial charge in [-0.1, -0.05) is 17.7 Å². The largest absolute Gasteiger partial charge is 0.497 e. The van der Waals surface area contributed by atoms with E-state index < -0.39 is 0 Å². The van der Waals surface area contributed by atoms with Crippen molar-refractivity contribution in [3.05, 3.63) is 59.2 Å². The molecule has 27 heavy (non-hydrogen) atoms. The lowest BCUT2D eigenvalue weighted by molar-refractivity contribution is 0.331. The molecule has 0 aliphatic heterocycles. The highest BCUT2D eigenvalue weighted by Crippen LogP contribution is 2.22. The number of hydrogen-bond acceptors (Lipinski definition) is 7. The Bertz CT molecular complexity index is 890. The highest BCUT2D eigenvalue weighted by atomic mass is 35.5. The first-order valence-electron chi connectivity index (χ1n) is 8.37. The molecule has 0 aliphatic carbocycles. The number of rotatable bonds is 8. The molecule has 0 atom stereocenters. The summed E-state index contributed by atoms with van der Waals surface area (Å²) in [7, 11) is 1.63. The predicted octanol–water partition coefficient (Wildman–Crippen LogP) is 4.08. The lowest BCUT2D eigenvalue weighted by Crippen LogP contribution is -2.14. The lowest BCUT2D eigenvalue weighted by atomic mass is 10.2. The van der Waals surface area contributed by atoms with Gasteiger partial charge in [0.25, 0.3) is 0 Å². The zero-order valence-electron chi connectivity index (χ0n) is 15.1. The van der Waals surface area contributed by atoms with Crippen molar-refractivity contribution >= 4 is 29.1 Å².